The van der Waals surface area contributed by atoms with Gasteiger partial charge in [0, 0.05) is 43.5 Å². The summed E-state index contributed by atoms with van der Waals surface area (Å²) >= 11 is 0. The Morgan fingerprint density at radius 2 is 1.94 bits per heavy atom. The van der Waals surface area contributed by atoms with E-state index < -0.39 is 0 Å². The number of aryl methyl sites for hydroxylation is 2. The van der Waals surface area contributed by atoms with Gasteiger partial charge in [-0.2, -0.15) is 10.1 Å². The Balaban J connectivity index is 1.76. The zero-order chi connectivity index (χ0) is 22.8. The minimum absolute atomic E-state index is 0.472. The molecule has 0 radical (unpaired) electrons. The molecular formula is C24H32N6O2. The molecule has 3 heterocycles. The summed E-state index contributed by atoms with van der Waals surface area (Å²) in [6.07, 6.45) is 6.13. The molecule has 0 aliphatic rings. The molecule has 32 heavy (non-hydrogen) atoms. The van der Waals surface area contributed by atoms with Crippen molar-refractivity contribution in [1.29, 1.82) is 0 Å². The Kier molecular flexibility index (Phi) is 8.60. The van der Waals surface area contributed by atoms with Crippen molar-refractivity contribution in [3.63, 3.8) is 0 Å². The standard InChI is InChI=1S/C24H32N6O2/c1-5-12-30(13-6-2)22-16-23(31-14-10-20-9-7-8-11-25-20)28-21(27-22)17-26-29-24-15-18(3)19(4)32-24/h7-9,11,15-17,29H,5-6,10,12-14H2,1-4H3/b26-17+. The van der Waals surface area contributed by atoms with E-state index in [9.17, 15) is 0 Å². The molecule has 0 aliphatic heterocycles. The molecule has 0 unspecified atom stereocenters. The second kappa shape index (κ2) is 11.8. The van der Waals surface area contributed by atoms with Gasteiger partial charge < -0.3 is 14.1 Å². The van der Waals surface area contributed by atoms with Gasteiger partial charge in [-0.05, 0) is 44.4 Å². The van der Waals surface area contributed by atoms with Crippen LogP contribution >= 0.6 is 0 Å². The molecule has 8 heteroatoms. The van der Waals surface area contributed by atoms with E-state index in [0.29, 0.717) is 30.6 Å². The van der Waals surface area contributed by atoms with Crippen molar-refractivity contribution in [3.8, 4) is 5.88 Å². The van der Waals surface area contributed by atoms with Crippen molar-refractivity contribution in [2.24, 2.45) is 5.10 Å². The first-order valence-electron chi connectivity index (χ1n) is 11.1. The molecule has 0 bridgehead atoms. The fourth-order valence-electron chi connectivity index (χ4n) is 3.19. The molecule has 0 fully saturated rings. The molecule has 0 saturated heterocycles. The minimum atomic E-state index is 0.472. The van der Waals surface area contributed by atoms with Crippen LogP contribution in [0.3, 0.4) is 0 Å². The van der Waals surface area contributed by atoms with Gasteiger partial charge in [-0.15, -0.1) is 0 Å². The number of pyridine rings is 1. The summed E-state index contributed by atoms with van der Waals surface area (Å²) in [5, 5.41) is 4.25. The number of hydrazone groups is 1. The number of ether oxygens (including phenoxy) is 1. The van der Waals surface area contributed by atoms with Crippen LogP contribution in [0.15, 0.2) is 46.0 Å². The van der Waals surface area contributed by atoms with E-state index in [0.717, 1.165) is 48.8 Å². The van der Waals surface area contributed by atoms with Crippen LogP contribution in [-0.4, -0.2) is 40.9 Å². The lowest BCUT2D eigenvalue weighted by Gasteiger charge is -2.23. The highest BCUT2D eigenvalue weighted by Crippen LogP contribution is 2.19. The summed E-state index contributed by atoms with van der Waals surface area (Å²) < 4.78 is 11.6. The number of aromatic nitrogens is 3. The lowest BCUT2D eigenvalue weighted by atomic mass is 10.3. The molecule has 0 amide bonds. The highest BCUT2D eigenvalue weighted by Gasteiger charge is 2.11. The van der Waals surface area contributed by atoms with Gasteiger partial charge in [0.2, 0.25) is 11.8 Å². The van der Waals surface area contributed by atoms with E-state index in [1.165, 1.54) is 0 Å². The third kappa shape index (κ3) is 6.80. The van der Waals surface area contributed by atoms with Gasteiger partial charge in [0.25, 0.3) is 0 Å². The highest BCUT2D eigenvalue weighted by molar-refractivity contribution is 5.76. The molecule has 1 N–H and O–H groups in total. The fraction of sp³-hybridized carbons (Fsp3) is 0.417. The van der Waals surface area contributed by atoms with Crippen molar-refractivity contribution in [3.05, 3.63) is 59.4 Å². The van der Waals surface area contributed by atoms with Crippen LogP contribution in [0.2, 0.25) is 0 Å². The molecule has 170 valence electrons. The molecule has 0 aliphatic carbocycles. The summed E-state index contributed by atoms with van der Waals surface area (Å²) in [6.45, 7) is 10.5. The number of hydrogen-bond donors (Lipinski definition) is 1. The molecular weight excluding hydrogens is 404 g/mol. The Labute approximate surface area is 189 Å². The Bertz CT molecular complexity index is 977. The van der Waals surface area contributed by atoms with Gasteiger partial charge >= 0.3 is 0 Å². The molecule has 3 aromatic rings. The Morgan fingerprint density at radius 3 is 2.59 bits per heavy atom. The van der Waals surface area contributed by atoms with Crippen molar-refractivity contribution >= 4 is 17.9 Å². The van der Waals surface area contributed by atoms with Crippen LogP contribution in [0.4, 0.5) is 11.7 Å². The largest absolute Gasteiger partial charge is 0.477 e. The fourth-order valence-corrected chi connectivity index (χ4v) is 3.19. The van der Waals surface area contributed by atoms with Crippen molar-refractivity contribution in [2.75, 3.05) is 30.0 Å². The lowest BCUT2D eigenvalue weighted by molar-refractivity contribution is 0.307. The predicted octanol–water partition coefficient (Wildman–Crippen LogP) is 4.78. The number of nitrogens with one attached hydrogen (secondary N) is 1. The maximum atomic E-state index is 5.96. The molecule has 0 atom stereocenters. The zero-order valence-corrected chi connectivity index (χ0v) is 19.3. The molecule has 0 saturated carbocycles. The summed E-state index contributed by atoms with van der Waals surface area (Å²) in [5.41, 5.74) is 4.95. The summed E-state index contributed by atoms with van der Waals surface area (Å²) in [4.78, 5) is 15.8. The number of nitrogens with zero attached hydrogens (tertiary/aromatic N) is 5. The lowest BCUT2D eigenvalue weighted by Crippen LogP contribution is -2.26. The van der Waals surface area contributed by atoms with E-state index in [1.807, 2.05) is 44.2 Å². The molecule has 8 nitrogen and oxygen atoms in total. The second-order valence-electron chi connectivity index (χ2n) is 7.55. The third-order valence-corrected chi connectivity index (χ3v) is 4.87. The van der Waals surface area contributed by atoms with Gasteiger partial charge in [0.15, 0.2) is 5.82 Å². The maximum absolute atomic E-state index is 5.96. The quantitative estimate of drug-likeness (QED) is 0.323. The Morgan fingerprint density at radius 1 is 1.12 bits per heavy atom. The first-order chi connectivity index (χ1) is 15.6. The van der Waals surface area contributed by atoms with E-state index in [-0.39, 0.29) is 0 Å². The average molecular weight is 437 g/mol. The number of anilines is 2. The maximum Gasteiger partial charge on any atom is 0.219 e. The van der Waals surface area contributed by atoms with Gasteiger partial charge in [-0.3, -0.25) is 4.98 Å². The van der Waals surface area contributed by atoms with Crippen LogP contribution in [0.1, 0.15) is 49.5 Å². The summed E-state index contributed by atoms with van der Waals surface area (Å²) in [7, 11) is 0. The SMILES string of the molecule is CCCN(CCC)c1cc(OCCc2ccccn2)nc(/C=N/Nc2cc(C)c(C)o2)n1. The van der Waals surface area contributed by atoms with E-state index in [2.05, 4.69) is 39.2 Å². The van der Waals surface area contributed by atoms with Crippen molar-refractivity contribution < 1.29 is 9.15 Å². The highest BCUT2D eigenvalue weighted by atomic mass is 16.5. The minimum Gasteiger partial charge on any atom is -0.477 e. The van der Waals surface area contributed by atoms with Crippen LogP contribution in [0.25, 0.3) is 0 Å². The smallest absolute Gasteiger partial charge is 0.219 e. The number of rotatable bonds is 12. The number of hydrogen-bond acceptors (Lipinski definition) is 8. The predicted molar refractivity (Wildman–Crippen MR) is 128 cm³/mol. The normalized spacial score (nSPS) is 11.1. The van der Waals surface area contributed by atoms with Crippen LogP contribution in [0.5, 0.6) is 5.88 Å². The van der Waals surface area contributed by atoms with Crippen molar-refractivity contribution in [2.45, 2.75) is 47.0 Å². The van der Waals surface area contributed by atoms with Gasteiger partial charge in [-0.25, -0.2) is 10.4 Å². The van der Waals surface area contributed by atoms with E-state index in [1.54, 1.807) is 12.4 Å². The van der Waals surface area contributed by atoms with Gasteiger partial charge in [0.05, 0.1) is 12.8 Å². The van der Waals surface area contributed by atoms with Gasteiger partial charge in [0.1, 0.15) is 11.6 Å². The molecule has 0 aromatic carbocycles. The molecule has 3 rings (SSSR count). The molecule has 0 spiro atoms. The average Bonchev–Trinajstić information content (AvgIpc) is 3.11. The first kappa shape index (κ1) is 23.2. The van der Waals surface area contributed by atoms with Crippen molar-refractivity contribution in [1.82, 2.24) is 15.0 Å². The topological polar surface area (TPSA) is 88.7 Å². The first-order valence-corrected chi connectivity index (χ1v) is 11.1. The van der Waals surface area contributed by atoms with E-state index >= 15 is 0 Å². The molecule has 3 aromatic heterocycles. The third-order valence-electron chi connectivity index (χ3n) is 4.87. The van der Waals surface area contributed by atoms with Crippen LogP contribution < -0.4 is 15.1 Å². The Hall–Kier alpha value is -3.42. The van der Waals surface area contributed by atoms with Gasteiger partial charge in [-0.1, -0.05) is 19.9 Å². The van der Waals surface area contributed by atoms with Crippen LogP contribution in [0, 0.1) is 13.8 Å². The summed E-state index contributed by atoms with van der Waals surface area (Å²) in [6, 6.07) is 9.67. The number of furan rings is 1. The monoisotopic (exact) mass is 436 g/mol. The summed E-state index contributed by atoms with van der Waals surface area (Å²) in [5.74, 6) is 3.27. The van der Waals surface area contributed by atoms with E-state index in [4.69, 9.17) is 14.1 Å². The van der Waals surface area contributed by atoms with Crippen LogP contribution in [-0.2, 0) is 6.42 Å². The zero-order valence-electron chi connectivity index (χ0n) is 19.3. The second-order valence-corrected chi connectivity index (χ2v) is 7.55.